The van der Waals surface area contributed by atoms with E-state index in [9.17, 15) is 4.79 Å². The van der Waals surface area contributed by atoms with Crippen LogP contribution in [0.2, 0.25) is 0 Å². The van der Waals surface area contributed by atoms with Crippen LogP contribution in [-0.2, 0) is 20.9 Å². The lowest BCUT2D eigenvalue weighted by molar-refractivity contribution is -0.159. The summed E-state index contributed by atoms with van der Waals surface area (Å²) in [5, 5.41) is 14.8. The number of imidazole rings is 1. The van der Waals surface area contributed by atoms with E-state index in [-0.39, 0.29) is 5.97 Å². The summed E-state index contributed by atoms with van der Waals surface area (Å²) in [7, 11) is 0. The Hall–Kier alpha value is -3.72. The minimum atomic E-state index is -1.82. The van der Waals surface area contributed by atoms with Gasteiger partial charge in [0, 0.05) is 30.7 Å². The molecule has 0 spiro atoms. The quantitative estimate of drug-likeness (QED) is 0.260. The number of aliphatic carboxylic acids is 2. The monoisotopic (exact) mass is 511 g/mol. The largest absolute Gasteiger partial charge is 0.473 e. The number of fused-ring (bicyclic) bond motifs is 1. The molecule has 0 aliphatic rings. The Balaban J connectivity index is 0.000000717. The van der Waals surface area contributed by atoms with Crippen LogP contribution in [-0.4, -0.2) is 61.2 Å². The normalized spacial score (nSPS) is 11.5. The van der Waals surface area contributed by atoms with E-state index in [4.69, 9.17) is 29.5 Å². The standard InChI is InChI=1S/C26H35N3O2.C2H2O4/c1-18(2)28(19(3)4)16-17-29-23-11-9-8-10-22(23)27-24(29)20-12-14-21(15-13-20)31-25(30)26(5,6)7;3-1(4)2(5)6/h8-15,18-19H,16-17H2,1-7H3;(H,3,4)(H,5,6). The average molecular weight is 512 g/mol. The van der Waals surface area contributed by atoms with Crippen LogP contribution < -0.4 is 4.74 Å². The smallest absolute Gasteiger partial charge is 0.414 e. The highest BCUT2D eigenvalue weighted by molar-refractivity contribution is 6.27. The molecule has 9 nitrogen and oxygen atoms in total. The highest BCUT2D eigenvalue weighted by atomic mass is 16.5. The number of para-hydroxylation sites is 2. The first-order chi connectivity index (χ1) is 17.2. The van der Waals surface area contributed by atoms with E-state index >= 15 is 0 Å². The molecule has 200 valence electrons. The average Bonchev–Trinajstić information content (AvgIpc) is 3.17. The Kier molecular flexibility index (Phi) is 9.96. The molecule has 0 unspecified atom stereocenters. The summed E-state index contributed by atoms with van der Waals surface area (Å²) in [6.45, 7) is 16.3. The zero-order valence-electron chi connectivity index (χ0n) is 22.6. The highest BCUT2D eigenvalue weighted by Crippen LogP contribution is 2.27. The fourth-order valence-corrected chi connectivity index (χ4v) is 3.78. The summed E-state index contributed by atoms with van der Waals surface area (Å²) in [4.78, 5) is 37.8. The van der Waals surface area contributed by atoms with Crippen molar-refractivity contribution in [3.8, 4) is 17.1 Å². The van der Waals surface area contributed by atoms with Crippen LogP contribution >= 0.6 is 0 Å². The minimum Gasteiger partial charge on any atom is -0.473 e. The van der Waals surface area contributed by atoms with Crippen molar-refractivity contribution in [2.45, 2.75) is 67.1 Å². The van der Waals surface area contributed by atoms with Crippen molar-refractivity contribution >= 4 is 28.9 Å². The molecule has 1 heterocycles. The summed E-state index contributed by atoms with van der Waals surface area (Å²) in [6.07, 6.45) is 0. The van der Waals surface area contributed by atoms with Crippen LogP contribution in [0.1, 0.15) is 48.5 Å². The van der Waals surface area contributed by atoms with E-state index in [0.29, 0.717) is 17.8 Å². The van der Waals surface area contributed by atoms with Crippen molar-refractivity contribution in [3.05, 3.63) is 48.5 Å². The Bertz CT molecular complexity index is 1200. The molecular formula is C28H37N3O6. The maximum absolute atomic E-state index is 12.2. The first kappa shape index (κ1) is 29.5. The molecule has 0 saturated carbocycles. The van der Waals surface area contributed by atoms with Gasteiger partial charge in [-0.3, -0.25) is 9.69 Å². The molecule has 0 aliphatic carbocycles. The molecule has 0 aliphatic heterocycles. The van der Waals surface area contributed by atoms with Crippen LogP contribution in [0.4, 0.5) is 0 Å². The lowest BCUT2D eigenvalue weighted by Crippen LogP contribution is -2.39. The van der Waals surface area contributed by atoms with Crippen LogP contribution in [0.3, 0.4) is 0 Å². The molecule has 3 aromatic rings. The number of aromatic nitrogens is 2. The maximum atomic E-state index is 12.2. The van der Waals surface area contributed by atoms with Crippen LogP contribution in [0.5, 0.6) is 5.75 Å². The number of carboxylic acids is 2. The van der Waals surface area contributed by atoms with E-state index < -0.39 is 17.4 Å². The number of benzene rings is 2. The summed E-state index contributed by atoms with van der Waals surface area (Å²) in [5.41, 5.74) is 2.59. The Labute approximate surface area is 217 Å². The summed E-state index contributed by atoms with van der Waals surface area (Å²) < 4.78 is 7.81. The predicted octanol–water partition coefficient (Wildman–Crippen LogP) is 4.93. The third kappa shape index (κ3) is 8.15. The highest BCUT2D eigenvalue weighted by Gasteiger charge is 2.24. The van der Waals surface area contributed by atoms with E-state index in [1.807, 2.05) is 51.1 Å². The zero-order valence-corrected chi connectivity index (χ0v) is 22.6. The van der Waals surface area contributed by atoms with Crippen molar-refractivity contribution in [3.63, 3.8) is 0 Å². The molecule has 0 radical (unpaired) electrons. The van der Waals surface area contributed by atoms with Gasteiger partial charge in [0.2, 0.25) is 0 Å². The van der Waals surface area contributed by atoms with E-state index in [2.05, 4.69) is 55.4 Å². The van der Waals surface area contributed by atoms with Gasteiger partial charge in [-0.2, -0.15) is 0 Å². The van der Waals surface area contributed by atoms with E-state index in [1.54, 1.807) is 0 Å². The number of hydrogen-bond acceptors (Lipinski definition) is 6. The van der Waals surface area contributed by atoms with Crippen molar-refractivity contribution in [2.75, 3.05) is 6.54 Å². The lowest BCUT2D eigenvalue weighted by atomic mass is 9.97. The number of nitrogens with zero attached hydrogens (tertiary/aromatic N) is 3. The molecule has 2 aromatic carbocycles. The third-order valence-electron chi connectivity index (χ3n) is 5.68. The number of carbonyl (C=O) groups is 3. The number of hydrogen-bond donors (Lipinski definition) is 2. The van der Waals surface area contributed by atoms with Gasteiger partial charge in [0.15, 0.2) is 0 Å². The van der Waals surface area contributed by atoms with Gasteiger partial charge in [-0.15, -0.1) is 0 Å². The molecule has 1 aromatic heterocycles. The van der Waals surface area contributed by atoms with Crippen molar-refractivity contribution in [2.24, 2.45) is 5.41 Å². The van der Waals surface area contributed by atoms with Gasteiger partial charge in [0.05, 0.1) is 16.4 Å². The van der Waals surface area contributed by atoms with Crippen molar-refractivity contribution < 1.29 is 29.3 Å². The third-order valence-corrected chi connectivity index (χ3v) is 5.68. The minimum absolute atomic E-state index is 0.241. The fourth-order valence-electron chi connectivity index (χ4n) is 3.78. The molecule has 0 bridgehead atoms. The summed E-state index contributed by atoms with van der Waals surface area (Å²) >= 11 is 0. The molecular weight excluding hydrogens is 474 g/mol. The second-order valence-corrected chi connectivity index (χ2v) is 10.3. The second kappa shape index (κ2) is 12.5. The number of rotatable bonds is 7. The van der Waals surface area contributed by atoms with Gasteiger partial charge < -0.3 is 19.5 Å². The molecule has 9 heteroatoms. The molecule has 0 atom stereocenters. The fraction of sp³-hybridized carbons (Fsp3) is 0.429. The Morgan fingerprint density at radius 3 is 1.95 bits per heavy atom. The summed E-state index contributed by atoms with van der Waals surface area (Å²) in [6, 6.07) is 16.9. The van der Waals surface area contributed by atoms with Crippen LogP contribution in [0.25, 0.3) is 22.4 Å². The second-order valence-electron chi connectivity index (χ2n) is 10.3. The zero-order chi connectivity index (χ0) is 27.9. The SMILES string of the molecule is CC(C)N(CCn1c(-c2ccc(OC(=O)C(C)(C)C)cc2)nc2ccccc21)C(C)C.O=C(O)C(=O)O. The van der Waals surface area contributed by atoms with Gasteiger partial charge in [-0.1, -0.05) is 12.1 Å². The summed E-state index contributed by atoms with van der Waals surface area (Å²) in [5.74, 6) is -2.40. The van der Waals surface area contributed by atoms with Gasteiger partial charge >= 0.3 is 17.9 Å². The van der Waals surface area contributed by atoms with E-state index in [1.165, 1.54) is 0 Å². The Morgan fingerprint density at radius 1 is 0.919 bits per heavy atom. The molecule has 0 saturated heterocycles. The molecule has 3 rings (SSSR count). The van der Waals surface area contributed by atoms with E-state index in [0.717, 1.165) is 35.5 Å². The molecule has 2 N–H and O–H groups in total. The number of esters is 1. The first-order valence-electron chi connectivity index (χ1n) is 12.2. The van der Waals surface area contributed by atoms with Crippen molar-refractivity contribution in [1.29, 1.82) is 0 Å². The van der Waals surface area contributed by atoms with Gasteiger partial charge in [0.1, 0.15) is 11.6 Å². The Morgan fingerprint density at radius 2 is 1.46 bits per heavy atom. The van der Waals surface area contributed by atoms with Gasteiger partial charge in [-0.05, 0) is 84.9 Å². The molecule has 0 fully saturated rings. The van der Waals surface area contributed by atoms with Crippen LogP contribution in [0, 0.1) is 5.41 Å². The lowest BCUT2D eigenvalue weighted by Gasteiger charge is -2.30. The maximum Gasteiger partial charge on any atom is 0.414 e. The first-order valence-corrected chi connectivity index (χ1v) is 12.2. The topological polar surface area (TPSA) is 122 Å². The number of ether oxygens (including phenoxy) is 1. The van der Waals surface area contributed by atoms with Crippen LogP contribution in [0.15, 0.2) is 48.5 Å². The predicted molar refractivity (Wildman–Crippen MR) is 143 cm³/mol. The molecule has 0 amide bonds. The van der Waals surface area contributed by atoms with Crippen molar-refractivity contribution in [1.82, 2.24) is 14.5 Å². The number of carbonyl (C=O) groups excluding carboxylic acids is 1. The van der Waals surface area contributed by atoms with Gasteiger partial charge in [0.25, 0.3) is 0 Å². The molecule has 37 heavy (non-hydrogen) atoms. The van der Waals surface area contributed by atoms with Gasteiger partial charge in [-0.25, -0.2) is 14.6 Å². The number of carboxylic acid groups (broad SMARTS) is 2.